The van der Waals surface area contributed by atoms with Gasteiger partial charge in [0.2, 0.25) is 12.4 Å². The average molecular weight is 553 g/mol. The van der Waals surface area contributed by atoms with Gasteiger partial charge in [0.25, 0.3) is 11.8 Å². The van der Waals surface area contributed by atoms with Crippen LogP contribution in [0.4, 0.5) is 5.13 Å². The summed E-state index contributed by atoms with van der Waals surface area (Å²) in [4.78, 5) is 48.5. The van der Waals surface area contributed by atoms with E-state index in [1.165, 1.54) is 24.3 Å². The fourth-order valence-corrected chi connectivity index (χ4v) is 6.95. The Labute approximate surface area is 215 Å². The highest BCUT2D eigenvalue weighted by Crippen LogP contribution is 2.36. The number of rotatable bonds is 9. The summed E-state index contributed by atoms with van der Waals surface area (Å²) >= 11 is 2.46. The highest BCUT2D eigenvalue weighted by molar-refractivity contribution is 7.99. The molecule has 1 saturated heterocycles. The Morgan fingerprint density at radius 2 is 2.17 bits per heavy atom. The minimum atomic E-state index is -1.65. The molecule has 5 N–H and O–H groups in total. The summed E-state index contributed by atoms with van der Waals surface area (Å²) in [5.41, 5.74) is 8.67. The summed E-state index contributed by atoms with van der Waals surface area (Å²) in [7, 11) is 1.37. The third-order valence-corrected chi connectivity index (χ3v) is 8.75. The van der Waals surface area contributed by atoms with Crippen molar-refractivity contribution in [1.82, 2.24) is 15.2 Å². The monoisotopic (exact) mass is 552 g/mol. The van der Waals surface area contributed by atoms with Crippen molar-refractivity contribution in [3.05, 3.63) is 46.9 Å². The van der Waals surface area contributed by atoms with Gasteiger partial charge in [-0.15, -0.1) is 23.1 Å². The van der Waals surface area contributed by atoms with E-state index in [0.717, 1.165) is 21.1 Å². The molecule has 16 heteroatoms. The van der Waals surface area contributed by atoms with Crippen LogP contribution in [-0.4, -0.2) is 79.8 Å². The SMILES string of the molecule is CN[n+]1ccc(SCC2=C(C(=O)O)N3C(=O)[C@@H](NC(=O)/C(=N\OC)c4csc(N)n4)[C@H]3S(=O)C2)cc1. The Balaban J connectivity index is 1.52. The number of oxime groups is 1. The summed E-state index contributed by atoms with van der Waals surface area (Å²) in [6.07, 6.45) is 3.61. The van der Waals surface area contributed by atoms with Gasteiger partial charge < -0.3 is 21.0 Å². The smallest absolute Gasteiger partial charge is 0.352 e. The Kier molecular flexibility index (Phi) is 7.56. The standard InChI is InChI=1S/C20H21N7O6S3/c1-22-26-5-3-11(4-6-26)34-7-10-9-36(32)18-14(17(29)27(18)15(10)19(30)31)24-16(28)13(25-33-2)12-8-35-20(21)23-12/h3-6,8,14,18,22H,7,9H2,1-2H3,(H3-,21,23,24,28,30,31)/p+1/b25-13-/t14-,18-,36?/m1/s1. The van der Waals surface area contributed by atoms with Crippen LogP contribution in [0.15, 0.2) is 51.2 Å². The molecule has 4 rings (SSSR count). The Morgan fingerprint density at radius 3 is 2.75 bits per heavy atom. The lowest BCUT2D eigenvalue weighted by atomic mass is 10.0. The predicted molar refractivity (Wildman–Crippen MR) is 133 cm³/mol. The minimum absolute atomic E-state index is 0.0412. The maximum atomic E-state index is 13.1. The lowest BCUT2D eigenvalue weighted by Crippen LogP contribution is -2.74. The van der Waals surface area contributed by atoms with Crippen LogP contribution in [0.25, 0.3) is 0 Å². The fraction of sp³-hybridized carbons (Fsp3) is 0.300. The number of nitrogens with one attached hydrogen (secondary N) is 2. The van der Waals surface area contributed by atoms with Crippen LogP contribution >= 0.6 is 23.1 Å². The first-order valence-electron chi connectivity index (χ1n) is 10.4. The molecule has 4 heterocycles. The van der Waals surface area contributed by atoms with Gasteiger partial charge in [0.05, 0.1) is 23.6 Å². The average Bonchev–Trinajstić information content (AvgIpc) is 3.29. The second-order valence-corrected chi connectivity index (χ2v) is 11.0. The van der Waals surface area contributed by atoms with Gasteiger partial charge in [-0.2, -0.15) is 5.43 Å². The van der Waals surface area contributed by atoms with Crippen LogP contribution < -0.4 is 21.2 Å². The van der Waals surface area contributed by atoms with Crippen LogP contribution in [0.3, 0.4) is 0 Å². The zero-order valence-electron chi connectivity index (χ0n) is 19.0. The first kappa shape index (κ1) is 25.6. The van der Waals surface area contributed by atoms with Crippen molar-refractivity contribution in [2.45, 2.75) is 16.3 Å². The number of nitrogen functional groups attached to an aromatic ring is 1. The predicted octanol–water partition coefficient (Wildman–Crippen LogP) is -0.917. The second-order valence-electron chi connectivity index (χ2n) is 7.48. The maximum Gasteiger partial charge on any atom is 0.352 e. The summed E-state index contributed by atoms with van der Waals surface area (Å²) in [6, 6.07) is 2.51. The van der Waals surface area contributed by atoms with Gasteiger partial charge in [-0.1, -0.05) is 9.83 Å². The van der Waals surface area contributed by atoms with Gasteiger partial charge in [-0.25, -0.2) is 9.78 Å². The third-order valence-electron chi connectivity index (χ3n) is 5.33. The molecule has 0 aliphatic carbocycles. The number of anilines is 1. The van der Waals surface area contributed by atoms with E-state index < -0.39 is 40.0 Å². The summed E-state index contributed by atoms with van der Waals surface area (Å²) in [5.74, 6) is -2.57. The molecular formula is C20H22N7O6S3+. The van der Waals surface area contributed by atoms with Crippen molar-refractivity contribution < 1.29 is 33.2 Å². The number of pyridine rings is 1. The Morgan fingerprint density at radius 1 is 1.44 bits per heavy atom. The molecule has 2 aliphatic rings. The molecule has 36 heavy (non-hydrogen) atoms. The largest absolute Gasteiger partial charge is 0.477 e. The van der Waals surface area contributed by atoms with E-state index in [4.69, 9.17) is 10.6 Å². The van der Waals surface area contributed by atoms with E-state index in [1.807, 2.05) is 12.1 Å². The molecule has 0 radical (unpaired) electrons. The molecule has 0 aromatic carbocycles. The van der Waals surface area contributed by atoms with Crippen LogP contribution in [0, 0.1) is 0 Å². The Hall–Kier alpha value is -3.50. The van der Waals surface area contributed by atoms with Crippen molar-refractivity contribution in [3.63, 3.8) is 0 Å². The van der Waals surface area contributed by atoms with Gasteiger partial charge >= 0.3 is 5.97 Å². The number of nitrogens with two attached hydrogens (primary N) is 1. The topological polar surface area (TPSA) is 180 Å². The normalized spacial score (nSPS) is 21.5. The molecule has 1 unspecified atom stereocenters. The molecule has 0 saturated carbocycles. The molecule has 0 bridgehead atoms. The second kappa shape index (κ2) is 10.6. The number of amides is 2. The molecule has 3 atom stereocenters. The summed E-state index contributed by atoms with van der Waals surface area (Å²) in [5, 5.41) is 16.7. The number of hydrogen-bond acceptors (Lipinski definition) is 11. The number of carbonyl (C=O) groups is 3. The number of aromatic nitrogens is 2. The number of thioether (sulfide) groups is 1. The van der Waals surface area contributed by atoms with E-state index in [9.17, 15) is 23.7 Å². The number of thiazole rings is 1. The number of hydrogen-bond donors (Lipinski definition) is 4. The lowest BCUT2D eigenvalue weighted by molar-refractivity contribution is -0.647. The lowest BCUT2D eigenvalue weighted by Gasteiger charge is -2.49. The number of carboxylic acid groups (broad SMARTS) is 1. The third kappa shape index (κ3) is 4.91. The van der Waals surface area contributed by atoms with E-state index in [-0.39, 0.29) is 33.7 Å². The van der Waals surface area contributed by atoms with Crippen LogP contribution in [0.5, 0.6) is 0 Å². The molecular weight excluding hydrogens is 530 g/mol. The molecule has 190 valence electrons. The van der Waals surface area contributed by atoms with Gasteiger partial charge in [0.15, 0.2) is 10.8 Å². The van der Waals surface area contributed by atoms with E-state index in [0.29, 0.717) is 5.57 Å². The number of nitrogens with zero attached hydrogens (tertiary/aromatic N) is 4. The number of carbonyl (C=O) groups excluding carboxylic acids is 2. The molecule has 2 aromatic rings. The fourth-order valence-electron chi connectivity index (χ4n) is 3.69. The number of β-lactam (4-membered cyclic amide) rings is 1. The van der Waals surface area contributed by atoms with Gasteiger partial charge in [-0.3, -0.25) is 18.7 Å². The Bertz CT molecular complexity index is 1290. The van der Waals surface area contributed by atoms with Crippen molar-refractivity contribution in [2.24, 2.45) is 5.16 Å². The first-order valence-corrected chi connectivity index (χ1v) is 13.6. The van der Waals surface area contributed by atoms with Gasteiger partial charge in [0.1, 0.15) is 29.9 Å². The first-order chi connectivity index (χ1) is 17.2. The van der Waals surface area contributed by atoms with Crippen molar-refractivity contribution in [1.29, 1.82) is 0 Å². The maximum absolute atomic E-state index is 13.1. The van der Waals surface area contributed by atoms with Crippen LogP contribution in [0.1, 0.15) is 5.69 Å². The molecule has 1 fully saturated rings. The van der Waals surface area contributed by atoms with E-state index in [1.54, 1.807) is 24.1 Å². The number of fused-ring (bicyclic) bond motifs is 1. The minimum Gasteiger partial charge on any atom is -0.477 e. The number of carboxylic acids is 1. The molecule has 2 aliphatic heterocycles. The molecule has 2 amide bonds. The summed E-state index contributed by atoms with van der Waals surface area (Å²) < 4.78 is 14.8. The van der Waals surface area contributed by atoms with Crippen molar-refractivity contribution in [2.75, 3.05) is 36.8 Å². The quantitative estimate of drug-likeness (QED) is 0.0999. The molecule has 0 spiro atoms. The van der Waals surface area contributed by atoms with Gasteiger partial charge in [-0.05, 0) is 5.57 Å². The zero-order chi connectivity index (χ0) is 26.0. The zero-order valence-corrected chi connectivity index (χ0v) is 21.5. The van der Waals surface area contributed by atoms with E-state index >= 15 is 0 Å². The van der Waals surface area contributed by atoms with Crippen LogP contribution in [0.2, 0.25) is 0 Å². The highest BCUT2D eigenvalue weighted by Gasteiger charge is 2.57. The number of aliphatic carboxylic acids is 1. The summed E-state index contributed by atoms with van der Waals surface area (Å²) in [6.45, 7) is 0. The van der Waals surface area contributed by atoms with Crippen LogP contribution in [-0.2, 0) is 30.0 Å². The van der Waals surface area contributed by atoms with Gasteiger partial charge in [0, 0.05) is 28.2 Å². The van der Waals surface area contributed by atoms with Crippen molar-refractivity contribution in [3.8, 4) is 0 Å². The molecule has 2 aromatic heterocycles. The van der Waals surface area contributed by atoms with Crippen molar-refractivity contribution >= 4 is 62.5 Å². The highest BCUT2D eigenvalue weighted by atomic mass is 32.2. The van der Waals surface area contributed by atoms with E-state index in [2.05, 4.69) is 20.9 Å². The molecule has 13 nitrogen and oxygen atoms in total.